The molecule has 16 heavy (non-hydrogen) atoms. The van der Waals surface area contributed by atoms with Crippen LogP contribution >= 0.6 is 0 Å². The van der Waals surface area contributed by atoms with Gasteiger partial charge in [-0.05, 0) is 26.0 Å². The Morgan fingerprint density at radius 1 is 1.38 bits per heavy atom. The third-order valence-electron chi connectivity index (χ3n) is 2.74. The quantitative estimate of drug-likeness (QED) is 0.717. The van der Waals surface area contributed by atoms with Crippen molar-refractivity contribution in [3.8, 4) is 0 Å². The van der Waals surface area contributed by atoms with Crippen LogP contribution in [-0.4, -0.2) is 31.1 Å². The number of hydrogen-bond donors (Lipinski definition) is 1. The Kier molecular flexibility index (Phi) is 5.52. The van der Waals surface area contributed by atoms with Gasteiger partial charge in [0.25, 0.3) is 0 Å². The molecule has 0 saturated heterocycles. The second-order valence-electron chi connectivity index (χ2n) is 3.79. The van der Waals surface area contributed by atoms with Gasteiger partial charge >= 0.3 is 0 Å². The number of nitrogens with zero attached hydrogens (tertiary/aromatic N) is 1. The van der Waals surface area contributed by atoms with Gasteiger partial charge in [0.05, 0.1) is 6.04 Å². The molecule has 4 nitrogen and oxygen atoms in total. The average molecular weight is 226 g/mol. The van der Waals surface area contributed by atoms with Crippen LogP contribution in [0.4, 0.5) is 0 Å². The molecule has 0 spiro atoms. The van der Waals surface area contributed by atoms with E-state index in [0.717, 1.165) is 13.1 Å². The normalized spacial score (nSPS) is 13.3. The van der Waals surface area contributed by atoms with E-state index in [0.29, 0.717) is 0 Å². The lowest BCUT2D eigenvalue weighted by Crippen LogP contribution is -2.39. The third-order valence-corrected chi connectivity index (χ3v) is 2.74. The zero-order valence-corrected chi connectivity index (χ0v) is 10.6. The van der Waals surface area contributed by atoms with Crippen molar-refractivity contribution in [1.82, 2.24) is 9.88 Å². The van der Waals surface area contributed by atoms with Gasteiger partial charge in [0.1, 0.15) is 0 Å². The van der Waals surface area contributed by atoms with Gasteiger partial charge in [-0.3, -0.25) is 0 Å². The van der Waals surface area contributed by atoms with Crippen LogP contribution in [0.25, 0.3) is 0 Å². The maximum Gasteiger partial charge on any atom is 0.171 e. The molecule has 1 aromatic heterocycles. The summed E-state index contributed by atoms with van der Waals surface area (Å²) in [5.74, 6) is 0. The van der Waals surface area contributed by atoms with Crippen molar-refractivity contribution in [2.45, 2.75) is 39.3 Å². The maximum absolute atomic E-state index is 5.20. The number of aryl methyl sites for hydroxylation is 1. The van der Waals surface area contributed by atoms with Gasteiger partial charge in [0.2, 0.25) is 0 Å². The van der Waals surface area contributed by atoms with Crippen LogP contribution in [0.15, 0.2) is 18.3 Å². The molecule has 0 saturated carbocycles. The molecule has 0 bridgehead atoms. The minimum absolute atomic E-state index is 0.162. The molecule has 1 unspecified atom stereocenters. The summed E-state index contributed by atoms with van der Waals surface area (Å²) in [6, 6.07) is 4.35. The topological polar surface area (TPSA) is 35.4 Å². The first-order valence-electron chi connectivity index (χ1n) is 5.65. The summed E-state index contributed by atoms with van der Waals surface area (Å²) in [5, 5.41) is 3.39. The average Bonchev–Trinajstić information content (AvgIpc) is 2.75. The van der Waals surface area contributed by atoms with Crippen molar-refractivity contribution < 1.29 is 9.47 Å². The second-order valence-corrected chi connectivity index (χ2v) is 3.79. The van der Waals surface area contributed by atoms with Gasteiger partial charge in [-0.2, -0.15) is 0 Å². The Bertz CT molecular complexity index is 295. The maximum atomic E-state index is 5.20. The number of methoxy groups -OCH3 is 2. The van der Waals surface area contributed by atoms with Gasteiger partial charge < -0.3 is 19.4 Å². The molecule has 0 aliphatic heterocycles. The minimum atomic E-state index is -0.204. The fourth-order valence-corrected chi connectivity index (χ4v) is 1.78. The van der Waals surface area contributed by atoms with E-state index < -0.39 is 0 Å². The van der Waals surface area contributed by atoms with Crippen LogP contribution in [0.5, 0.6) is 0 Å². The van der Waals surface area contributed by atoms with Crippen molar-refractivity contribution in [3.63, 3.8) is 0 Å². The lowest BCUT2D eigenvalue weighted by Gasteiger charge is -2.22. The van der Waals surface area contributed by atoms with Crippen LogP contribution < -0.4 is 5.32 Å². The Balaban J connectivity index is 2.45. The molecule has 0 aliphatic carbocycles. The molecule has 0 fully saturated rings. The summed E-state index contributed by atoms with van der Waals surface area (Å²) in [4.78, 5) is 0. The summed E-state index contributed by atoms with van der Waals surface area (Å²) >= 11 is 0. The third kappa shape index (κ3) is 3.33. The van der Waals surface area contributed by atoms with E-state index in [1.165, 1.54) is 5.69 Å². The minimum Gasteiger partial charge on any atom is -0.354 e. The van der Waals surface area contributed by atoms with E-state index in [9.17, 15) is 0 Å². The molecule has 0 amide bonds. The van der Waals surface area contributed by atoms with Crippen LogP contribution in [-0.2, 0) is 22.6 Å². The van der Waals surface area contributed by atoms with Crippen LogP contribution in [0.1, 0.15) is 19.5 Å². The Morgan fingerprint density at radius 2 is 2.06 bits per heavy atom. The van der Waals surface area contributed by atoms with E-state index in [4.69, 9.17) is 9.47 Å². The zero-order chi connectivity index (χ0) is 12.0. The van der Waals surface area contributed by atoms with E-state index in [1.807, 2.05) is 0 Å². The Labute approximate surface area is 97.5 Å². The number of aromatic nitrogens is 1. The summed E-state index contributed by atoms with van der Waals surface area (Å²) in [6.45, 7) is 6.01. The monoisotopic (exact) mass is 226 g/mol. The van der Waals surface area contributed by atoms with Crippen LogP contribution in [0.2, 0.25) is 0 Å². The summed E-state index contributed by atoms with van der Waals surface area (Å²) < 4.78 is 12.6. The fraction of sp³-hybridized carbons (Fsp3) is 0.667. The van der Waals surface area contributed by atoms with E-state index in [1.54, 1.807) is 14.2 Å². The molecule has 1 N–H and O–H groups in total. The summed E-state index contributed by atoms with van der Waals surface area (Å²) in [5.41, 5.74) is 1.28. The summed E-state index contributed by atoms with van der Waals surface area (Å²) in [6.07, 6.45) is 1.89. The molecular weight excluding hydrogens is 204 g/mol. The molecule has 0 radical (unpaired) electrons. The second kappa shape index (κ2) is 6.68. The molecular formula is C12H22N2O2. The van der Waals surface area contributed by atoms with E-state index in [-0.39, 0.29) is 12.3 Å². The van der Waals surface area contributed by atoms with Gasteiger partial charge in [-0.15, -0.1) is 0 Å². The highest BCUT2D eigenvalue weighted by Crippen LogP contribution is 2.04. The first-order valence-corrected chi connectivity index (χ1v) is 5.65. The number of nitrogens with one attached hydrogen (secondary N) is 1. The SMILES string of the molecule is CCn1cccc1CNC(C)C(OC)OC. The van der Waals surface area contributed by atoms with Gasteiger partial charge in [-0.25, -0.2) is 0 Å². The molecule has 1 heterocycles. The van der Waals surface area contributed by atoms with Crippen molar-refractivity contribution >= 4 is 0 Å². The highest BCUT2D eigenvalue weighted by molar-refractivity contribution is 5.06. The lowest BCUT2D eigenvalue weighted by atomic mass is 10.3. The van der Waals surface area contributed by atoms with Crippen LogP contribution in [0, 0.1) is 0 Å². The van der Waals surface area contributed by atoms with Crippen molar-refractivity contribution in [1.29, 1.82) is 0 Å². The molecule has 1 rings (SSSR count). The smallest absolute Gasteiger partial charge is 0.171 e. The molecule has 1 atom stereocenters. The first kappa shape index (κ1) is 13.2. The number of ether oxygens (including phenoxy) is 2. The predicted molar refractivity (Wildman–Crippen MR) is 64.2 cm³/mol. The Hall–Kier alpha value is -0.840. The Morgan fingerprint density at radius 3 is 2.62 bits per heavy atom. The van der Waals surface area contributed by atoms with Crippen molar-refractivity contribution in [2.24, 2.45) is 0 Å². The zero-order valence-electron chi connectivity index (χ0n) is 10.6. The molecule has 1 aromatic rings. The van der Waals surface area contributed by atoms with Crippen molar-refractivity contribution in [3.05, 3.63) is 24.0 Å². The molecule has 0 aliphatic rings. The largest absolute Gasteiger partial charge is 0.354 e. The first-order chi connectivity index (χ1) is 7.72. The van der Waals surface area contributed by atoms with Gasteiger partial charge in [0, 0.05) is 39.2 Å². The molecule has 4 heteroatoms. The highest BCUT2D eigenvalue weighted by atomic mass is 16.7. The highest BCUT2D eigenvalue weighted by Gasteiger charge is 2.15. The number of rotatable bonds is 7. The number of hydrogen-bond acceptors (Lipinski definition) is 3. The van der Waals surface area contributed by atoms with Gasteiger partial charge in [-0.1, -0.05) is 0 Å². The predicted octanol–water partition coefficient (Wildman–Crippen LogP) is 1.60. The fourth-order valence-electron chi connectivity index (χ4n) is 1.78. The lowest BCUT2D eigenvalue weighted by molar-refractivity contribution is -0.119. The van der Waals surface area contributed by atoms with Gasteiger partial charge in [0.15, 0.2) is 6.29 Å². The van der Waals surface area contributed by atoms with Crippen LogP contribution in [0.3, 0.4) is 0 Å². The molecule has 92 valence electrons. The van der Waals surface area contributed by atoms with E-state index in [2.05, 4.69) is 42.1 Å². The van der Waals surface area contributed by atoms with Crippen molar-refractivity contribution in [2.75, 3.05) is 14.2 Å². The summed E-state index contributed by atoms with van der Waals surface area (Å²) in [7, 11) is 3.31. The standard InChI is InChI=1S/C12H22N2O2/c1-5-14-8-6-7-11(14)9-13-10(2)12(15-3)16-4/h6-8,10,12-13H,5,9H2,1-4H3. The molecule has 0 aromatic carbocycles. The van der Waals surface area contributed by atoms with E-state index >= 15 is 0 Å².